The molecular formula is C12H14Br2FNO. The lowest BCUT2D eigenvalue weighted by atomic mass is 10.1. The third-order valence-corrected chi connectivity index (χ3v) is 3.10. The maximum absolute atomic E-state index is 13.5. The van der Waals surface area contributed by atoms with E-state index in [0.29, 0.717) is 9.30 Å². The van der Waals surface area contributed by atoms with Gasteiger partial charge in [-0.25, -0.2) is 4.39 Å². The highest BCUT2D eigenvalue weighted by molar-refractivity contribution is 9.10. The number of hydrogen-bond acceptors (Lipinski definition) is 1. The standard InChI is InChI=1S/C12H14Br2FNO/c1-7(13)5-8(2)16-12(17)10-4-3-9(14)6-11(10)15/h3-4,6-8H,5H2,1-2H3,(H,16,17). The zero-order valence-corrected chi connectivity index (χ0v) is 12.8. The van der Waals surface area contributed by atoms with Crippen molar-refractivity contribution in [3.8, 4) is 0 Å². The van der Waals surface area contributed by atoms with Crippen LogP contribution in [0, 0.1) is 5.82 Å². The second-order valence-corrected chi connectivity index (χ2v) is 6.49. The number of halogens is 3. The van der Waals surface area contributed by atoms with E-state index in [0.717, 1.165) is 6.42 Å². The van der Waals surface area contributed by atoms with Gasteiger partial charge in [-0.15, -0.1) is 0 Å². The predicted octanol–water partition coefficient (Wildman–Crippen LogP) is 3.88. The van der Waals surface area contributed by atoms with Crippen LogP contribution in [0.4, 0.5) is 4.39 Å². The Balaban J connectivity index is 2.70. The smallest absolute Gasteiger partial charge is 0.254 e. The molecule has 1 rings (SSSR count). The van der Waals surface area contributed by atoms with Crippen LogP contribution in [0.2, 0.25) is 0 Å². The number of carbonyl (C=O) groups excluding carboxylic acids is 1. The fraction of sp³-hybridized carbons (Fsp3) is 0.417. The van der Waals surface area contributed by atoms with E-state index in [9.17, 15) is 9.18 Å². The van der Waals surface area contributed by atoms with E-state index in [4.69, 9.17) is 0 Å². The summed E-state index contributed by atoms with van der Waals surface area (Å²) in [7, 11) is 0. The molecule has 0 aliphatic heterocycles. The molecule has 94 valence electrons. The highest BCUT2D eigenvalue weighted by Crippen LogP contribution is 2.15. The molecule has 0 aliphatic rings. The molecule has 1 amide bonds. The van der Waals surface area contributed by atoms with Gasteiger partial charge in [-0.05, 0) is 31.5 Å². The molecule has 2 nitrogen and oxygen atoms in total. The number of benzene rings is 1. The quantitative estimate of drug-likeness (QED) is 0.805. The van der Waals surface area contributed by atoms with Crippen molar-refractivity contribution in [1.82, 2.24) is 5.32 Å². The molecule has 5 heteroatoms. The van der Waals surface area contributed by atoms with Gasteiger partial charge in [0.2, 0.25) is 0 Å². The second kappa shape index (κ2) is 6.50. The first-order valence-electron chi connectivity index (χ1n) is 5.30. The largest absolute Gasteiger partial charge is 0.349 e. The van der Waals surface area contributed by atoms with Crippen LogP contribution in [0.3, 0.4) is 0 Å². The summed E-state index contributed by atoms with van der Waals surface area (Å²) in [4.78, 5) is 12.1. The molecule has 0 fully saturated rings. The second-order valence-electron chi connectivity index (χ2n) is 4.02. The van der Waals surface area contributed by atoms with Gasteiger partial charge in [-0.3, -0.25) is 4.79 Å². The van der Waals surface area contributed by atoms with Gasteiger partial charge < -0.3 is 5.32 Å². The summed E-state index contributed by atoms with van der Waals surface area (Å²) in [5.41, 5.74) is 0.0716. The molecule has 0 bridgehead atoms. The van der Waals surface area contributed by atoms with Crippen molar-refractivity contribution in [3.05, 3.63) is 34.1 Å². The molecule has 2 atom stereocenters. The molecular weight excluding hydrogens is 353 g/mol. The summed E-state index contributed by atoms with van der Waals surface area (Å²) >= 11 is 6.56. The van der Waals surface area contributed by atoms with E-state index in [-0.39, 0.29) is 17.5 Å². The lowest BCUT2D eigenvalue weighted by Gasteiger charge is -2.15. The topological polar surface area (TPSA) is 29.1 Å². The van der Waals surface area contributed by atoms with Crippen LogP contribution in [0.15, 0.2) is 22.7 Å². The van der Waals surface area contributed by atoms with Crippen LogP contribution in [0.5, 0.6) is 0 Å². The van der Waals surface area contributed by atoms with Gasteiger partial charge >= 0.3 is 0 Å². The molecule has 1 aromatic rings. The zero-order valence-electron chi connectivity index (χ0n) is 9.64. The average molecular weight is 367 g/mol. The first-order valence-corrected chi connectivity index (χ1v) is 7.01. The van der Waals surface area contributed by atoms with E-state index < -0.39 is 5.82 Å². The number of hydrogen-bond donors (Lipinski definition) is 1. The van der Waals surface area contributed by atoms with Crippen molar-refractivity contribution < 1.29 is 9.18 Å². The monoisotopic (exact) mass is 365 g/mol. The molecule has 0 spiro atoms. The Kier molecular flexibility index (Phi) is 5.59. The third kappa shape index (κ3) is 4.76. The summed E-state index contributed by atoms with van der Waals surface area (Å²) in [5.74, 6) is -0.897. The van der Waals surface area contributed by atoms with Crippen LogP contribution in [0.1, 0.15) is 30.6 Å². The van der Waals surface area contributed by atoms with Gasteiger partial charge in [0, 0.05) is 15.3 Å². The third-order valence-electron chi connectivity index (χ3n) is 2.23. The molecule has 1 N–H and O–H groups in total. The number of rotatable bonds is 4. The first-order chi connectivity index (χ1) is 7.90. The minimum absolute atomic E-state index is 0.0000724. The normalized spacial score (nSPS) is 14.2. The molecule has 17 heavy (non-hydrogen) atoms. The molecule has 0 heterocycles. The molecule has 0 saturated carbocycles. The summed E-state index contributed by atoms with van der Waals surface area (Å²) in [5, 5.41) is 2.76. The van der Waals surface area contributed by atoms with Crippen LogP contribution >= 0.6 is 31.9 Å². The van der Waals surface area contributed by atoms with Crippen molar-refractivity contribution in [2.24, 2.45) is 0 Å². The Labute approximate surface area is 117 Å². The van der Waals surface area contributed by atoms with Crippen molar-refractivity contribution in [1.29, 1.82) is 0 Å². The Morgan fingerprint density at radius 2 is 2.12 bits per heavy atom. The number of carbonyl (C=O) groups is 1. The van der Waals surface area contributed by atoms with Crippen molar-refractivity contribution in [2.75, 3.05) is 0 Å². The maximum atomic E-state index is 13.5. The molecule has 1 aromatic carbocycles. The van der Waals surface area contributed by atoms with Gasteiger partial charge in [0.15, 0.2) is 0 Å². The van der Waals surface area contributed by atoms with E-state index in [2.05, 4.69) is 37.2 Å². The van der Waals surface area contributed by atoms with Crippen molar-refractivity contribution in [3.63, 3.8) is 0 Å². The summed E-state index contributed by atoms with van der Waals surface area (Å²) < 4.78 is 14.1. The minimum Gasteiger partial charge on any atom is -0.349 e. The molecule has 0 radical (unpaired) electrons. The Hall–Kier alpha value is -0.420. The van der Waals surface area contributed by atoms with Gasteiger partial charge in [0.1, 0.15) is 5.82 Å². The fourth-order valence-electron chi connectivity index (χ4n) is 1.52. The van der Waals surface area contributed by atoms with Crippen molar-refractivity contribution in [2.45, 2.75) is 31.1 Å². The summed E-state index contributed by atoms with van der Waals surface area (Å²) in [6.45, 7) is 3.90. The Morgan fingerprint density at radius 3 is 2.65 bits per heavy atom. The minimum atomic E-state index is -0.518. The van der Waals surface area contributed by atoms with Crippen LogP contribution in [-0.4, -0.2) is 16.8 Å². The molecule has 0 aliphatic carbocycles. The zero-order chi connectivity index (χ0) is 13.0. The Bertz CT molecular complexity index is 409. The number of alkyl halides is 1. The van der Waals surface area contributed by atoms with E-state index >= 15 is 0 Å². The van der Waals surface area contributed by atoms with Crippen LogP contribution in [0.25, 0.3) is 0 Å². The Morgan fingerprint density at radius 1 is 1.47 bits per heavy atom. The first kappa shape index (κ1) is 14.6. The maximum Gasteiger partial charge on any atom is 0.254 e. The highest BCUT2D eigenvalue weighted by atomic mass is 79.9. The van der Waals surface area contributed by atoms with Gasteiger partial charge in [0.05, 0.1) is 5.56 Å². The van der Waals surface area contributed by atoms with Crippen LogP contribution in [-0.2, 0) is 0 Å². The highest BCUT2D eigenvalue weighted by Gasteiger charge is 2.15. The number of amides is 1. The lowest BCUT2D eigenvalue weighted by molar-refractivity contribution is 0.0934. The van der Waals surface area contributed by atoms with Gasteiger partial charge in [-0.2, -0.15) is 0 Å². The molecule has 2 unspecified atom stereocenters. The van der Waals surface area contributed by atoms with Crippen molar-refractivity contribution >= 4 is 37.8 Å². The van der Waals surface area contributed by atoms with E-state index in [1.54, 1.807) is 6.07 Å². The van der Waals surface area contributed by atoms with E-state index in [1.165, 1.54) is 12.1 Å². The molecule has 0 aromatic heterocycles. The van der Waals surface area contributed by atoms with E-state index in [1.807, 2.05) is 13.8 Å². The van der Waals surface area contributed by atoms with Gasteiger partial charge in [0.25, 0.3) is 5.91 Å². The number of nitrogens with one attached hydrogen (secondary N) is 1. The summed E-state index contributed by atoms with van der Waals surface area (Å²) in [6, 6.07) is 4.40. The summed E-state index contributed by atoms with van der Waals surface area (Å²) in [6.07, 6.45) is 0.796. The lowest BCUT2D eigenvalue weighted by Crippen LogP contribution is -2.34. The average Bonchev–Trinajstić information content (AvgIpc) is 2.15. The fourth-order valence-corrected chi connectivity index (χ4v) is 2.42. The van der Waals surface area contributed by atoms with Crippen LogP contribution < -0.4 is 5.32 Å². The van der Waals surface area contributed by atoms with Gasteiger partial charge in [-0.1, -0.05) is 38.8 Å². The SMILES string of the molecule is CC(Br)CC(C)NC(=O)c1ccc(Br)cc1F. The molecule has 0 saturated heterocycles. The predicted molar refractivity (Wildman–Crippen MR) is 74.0 cm³/mol.